The van der Waals surface area contributed by atoms with Gasteiger partial charge in [-0.1, -0.05) is 43.5 Å². The maximum Gasteiger partial charge on any atom is 0.336 e. The molecule has 0 bridgehead atoms. The average molecular weight is 286 g/mol. The molecule has 3 rings (SSSR count). The highest BCUT2D eigenvalue weighted by Gasteiger charge is 2.17. The predicted molar refractivity (Wildman–Crippen MR) is 83.6 cm³/mol. The summed E-state index contributed by atoms with van der Waals surface area (Å²) in [5.41, 5.74) is 0.397. The van der Waals surface area contributed by atoms with Crippen molar-refractivity contribution >= 4 is 28.5 Å². The van der Waals surface area contributed by atoms with E-state index >= 15 is 0 Å². The summed E-state index contributed by atoms with van der Waals surface area (Å²) in [6, 6.07) is 11.6. The number of carboxylic acid groups (broad SMARTS) is 1. The maximum atomic E-state index is 11.3. The van der Waals surface area contributed by atoms with Gasteiger partial charge < -0.3 is 5.11 Å². The van der Waals surface area contributed by atoms with Gasteiger partial charge >= 0.3 is 5.97 Å². The summed E-state index contributed by atoms with van der Waals surface area (Å²) in [6.07, 6.45) is 6.56. The Hall–Kier alpha value is -1.48. The quantitative estimate of drug-likeness (QED) is 0.866. The lowest BCUT2D eigenvalue weighted by Gasteiger charge is -2.21. The minimum absolute atomic E-state index is 0.397. The lowest BCUT2D eigenvalue weighted by Crippen LogP contribution is -2.08. The van der Waals surface area contributed by atoms with Crippen LogP contribution in [-0.2, 0) is 0 Å². The molecule has 0 atom stereocenters. The van der Waals surface area contributed by atoms with Crippen molar-refractivity contribution in [2.45, 2.75) is 42.2 Å². The Morgan fingerprint density at radius 1 is 1.00 bits per heavy atom. The fourth-order valence-electron chi connectivity index (χ4n) is 2.92. The molecular weight excluding hydrogens is 268 g/mol. The molecule has 1 N–H and O–H groups in total. The van der Waals surface area contributed by atoms with Crippen LogP contribution in [0.4, 0.5) is 0 Å². The van der Waals surface area contributed by atoms with Gasteiger partial charge in [0.1, 0.15) is 0 Å². The van der Waals surface area contributed by atoms with Crippen molar-refractivity contribution in [2.75, 3.05) is 0 Å². The third-order valence-corrected chi connectivity index (χ3v) is 5.37. The highest BCUT2D eigenvalue weighted by Crippen LogP contribution is 2.37. The number of fused-ring (bicyclic) bond motifs is 1. The minimum atomic E-state index is -0.851. The van der Waals surface area contributed by atoms with E-state index in [-0.39, 0.29) is 0 Å². The first kappa shape index (κ1) is 13.5. The molecule has 0 saturated heterocycles. The second-order valence-electron chi connectivity index (χ2n) is 5.34. The van der Waals surface area contributed by atoms with Crippen molar-refractivity contribution in [3.05, 3.63) is 42.0 Å². The third kappa shape index (κ3) is 2.68. The van der Waals surface area contributed by atoms with Crippen molar-refractivity contribution in [1.29, 1.82) is 0 Å². The van der Waals surface area contributed by atoms with E-state index in [0.29, 0.717) is 10.8 Å². The number of thioether (sulfide) groups is 1. The van der Waals surface area contributed by atoms with Crippen LogP contribution in [0.25, 0.3) is 10.8 Å². The molecular formula is C17H18O2S. The number of hydrogen-bond acceptors (Lipinski definition) is 2. The molecule has 0 amide bonds. The molecule has 2 nitrogen and oxygen atoms in total. The zero-order valence-electron chi connectivity index (χ0n) is 11.3. The largest absolute Gasteiger partial charge is 0.478 e. The Kier molecular flexibility index (Phi) is 3.97. The van der Waals surface area contributed by atoms with Crippen LogP contribution in [0.3, 0.4) is 0 Å². The van der Waals surface area contributed by atoms with Crippen LogP contribution in [0.2, 0.25) is 0 Å². The Morgan fingerprint density at radius 3 is 2.40 bits per heavy atom. The van der Waals surface area contributed by atoms with E-state index in [9.17, 15) is 9.90 Å². The zero-order chi connectivity index (χ0) is 13.9. The molecule has 0 unspecified atom stereocenters. The second kappa shape index (κ2) is 5.88. The van der Waals surface area contributed by atoms with E-state index < -0.39 is 5.97 Å². The summed E-state index contributed by atoms with van der Waals surface area (Å²) in [5.74, 6) is -0.851. The van der Waals surface area contributed by atoms with Crippen LogP contribution in [0.15, 0.2) is 41.3 Å². The number of carboxylic acids is 1. The smallest absolute Gasteiger partial charge is 0.336 e. The molecule has 1 aliphatic rings. The summed E-state index contributed by atoms with van der Waals surface area (Å²) in [4.78, 5) is 12.5. The molecule has 0 radical (unpaired) electrons. The standard InChI is InChI=1S/C17H18O2S/c18-17(19)15-10-11-16(14-9-5-4-8-13(14)15)20-12-6-2-1-3-7-12/h4-5,8-12H,1-3,6-7H2,(H,18,19). The van der Waals surface area contributed by atoms with E-state index in [1.165, 1.54) is 37.0 Å². The van der Waals surface area contributed by atoms with E-state index in [1.807, 2.05) is 42.1 Å². The first-order chi connectivity index (χ1) is 9.75. The maximum absolute atomic E-state index is 11.3. The molecule has 2 aromatic carbocycles. The lowest BCUT2D eigenvalue weighted by atomic mass is 10.0. The van der Waals surface area contributed by atoms with Crippen molar-refractivity contribution in [3.63, 3.8) is 0 Å². The van der Waals surface area contributed by atoms with Crippen LogP contribution in [0, 0.1) is 0 Å². The van der Waals surface area contributed by atoms with Gasteiger partial charge in [0.05, 0.1) is 5.56 Å². The monoisotopic (exact) mass is 286 g/mol. The first-order valence-electron chi connectivity index (χ1n) is 7.17. The number of rotatable bonds is 3. The summed E-state index contributed by atoms with van der Waals surface area (Å²) >= 11 is 1.92. The number of benzene rings is 2. The fourth-order valence-corrected chi connectivity index (χ4v) is 4.30. The van der Waals surface area contributed by atoms with Gasteiger partial charge in [0.2, 0.25) is 0 Å². The van der Waals surface area contributed by atoms with Crippen LogP contribution in [0.5, 0.6) is 0 Å². The van der Waals surface area contributed by atoms with Crippen LogP contribution >= 0.6 is 11.8 Å². The predicted octanol–water partition coefficient (Wildman–Crippen LogP) is 4.96. The molecule has 1 saturated carbocycles. The number of hydrogen-bond donors (Lipinski definition) is 1. The molecule has 104 valence electrons. The Bertz CT molecular complexity index is 630. The summed E-state index contributed by atoms with van der Waals surface area (Å²) < 4.78 is 0. The Morgan fingerprint density at radius 2 is 1.70 bits per heavy atom. The van der Waals surface area contributed by atoms with E-state index in [2.05, 4.69) is 0 Å². The zero-order valence-corrected chi connectivity index (χ0v) is 12.2. The van der Waals surface area contributed by atoms with Crippen molar-refractivity contribution in [3.8, 4) is 0 Å². The summed E-state index contributed by atoms with van der Waals surface area (Å²) in [7, 11) is 0. The van der Waals surface area contributed by atoms with Crippen LogP contribution in [-0.4, -0.2) is 16.3 Å². The van der Waals surface area contributed by atoms with Crippen molar-refractivity contribution < 1.29 is 9.90 Å². The van der Waals surface area contributed by atoms with E-state index in [0.717, 1.165) is 10.8 Å². The van der Waals surface area contributed by atoms with Crippen LogP contribution < -0.4 is 0 Å². The van der Waals surface area contributed by atoms with Gasteiger partial charge in [0.15, 0.2) is 0 Å². The van der Waals surface area contributed by atoms with Crippen molar-refractivity contribution in [2.24, 2.45) is 0 Å². The van der Waals surface area contributed by atoms with Gasteiger partial charge in [-0.05, 0) is 35.7 Å². The molecule has 1 fully saturated rings. The number of carbonyl (C=O) groups is 1. The average Bonchev–Trinajstić information content (AvgIpc) is 2.48. The molecule has 0 aromatic heterocycles. The van der Waals surface area contributed by atoms with Gasteiger partial charge in [-0.15, -0.1) is 11.8 Å². The van der Waals surface area contributed by atoms with E-state index in [1.54, 1.807) is 6.07 Å². The lowest BCUT2D eigenvalue weighted by molar-refractivity contribution is 0.0699. The summed E-state index contributed by atoms with van der Waals surface area (Å²) in [6.45, 7) is 0. The highest BCUT2D eigenvalue weighted by molar-refractivity contribution is 8.00. The topological polar surface area (TPSA) is 37.3 Å². The number of aromatic carboxylic acids is 1. The molecule has 1 aliphatic carbocycles. The minimum Gasteiger partial charge on any atom is -0.478 e. The Balaban J connectivity index is 1.99. The van der Waals surface area contributed by atoms with E-state index in [4.69, 9.17) is 0 Å². The van der Waals surface area contributed by atoms with Gasteiger partial charge in [0.25, 0.3) is 0 Å². The molecule has 2 aromatic rings. The van der Waals surface area contributed by atoms with Gasteiger partial charge in [0, 0.05) is 10.1 Å². The SMILES string of the molecule is O=C(O)c1ccc(SC2CCCCC2)c2ccccc12. The first-order valence-corrected chi connectivity index (χ1v) is 8.05. The van der Waals surface area contributed by atoms with Gasteiger partial charge in [-0.25, -0.2) is 4.79 Å². The van der Waals surface area contributed by atoms with Gasteiger partial charge in [-0.3, -0.25) is 0 Å². The normalized spacial score (nSPS) is 16.4. The molecule has 20 heavy (non-hydrogen) atoms. The van der Waals surface area contributed by atoms with Crippen LogP contribution in [0.1, 0.15) is 42.5 Å². The van der Waals surface area contributed by atoms with Crippen molar-refractivity contribution in [1.82, 2.24) is 0 Å². The summed E-state index contributed by atoms with van der Waals surface area (Å²) in [5, 5.41) is 11.9. The highest BCUT2D eigenvalue weighted by atomic mass is 32.2. The molecule has 0 heterocycles. The Labute approximate surface area is 123 Å². The molecule has 0 spiro atoms. The second-order valence-corrected chi connectivity index (χ2v) is 6.68. The third-order valence-electron chi connectivity index (χ3n) is 3.96. The van der Waals surface area contributed by atoms with Gasteiger partial charge in [-0.2, -0.15) is 0 Å². The molecule has 0 aliphatic heterocycles. The fraction of sp³-hybridized carbons (Fsp3) is 0.353. The molecule has 3 heteroatoms.